The second kappa shape index (κ2) is 10.5. The van der Waals surface area contributed by atoms with Crippen LogP contribution in [0.15, 0.2) is 36.4 Å². The van der Waals surface area contributed by atoms with E-state index >= 15 is 0 Å². The Morgan fingerprint density at radius 1 is 1.03 bits per heavy atom. The largest absolute Gasteiger partial charge is 0.493 e. The first-order valence-electron chi connectivity index (χ1n) is 9.89. The summed E-state index contributed by atoms with van der Waals surface area (Å²) in [6.07, 6.45) is 1.26. The molecular formula is C22H25ClFN3O4. The maximum Gasteiger partial charge on any atom is 0.238 e. The van der Waals surface area contributed by atoms with Crippen LogP contribution >= 0.6 is 11.6 Å². The van der Waals surface area contributed by atoms with E-state index in [-0.39, 0.29) is 29.3 Å². The number of hydrogen-bond acceptors (Lipinski definition) is 5. The lowest BCUT2D eigenvalue weighted by molar-refractivity contribution is -0.121. The molecule has 0 aromatic heterocycles. The summed E-state index contributed by atoms with van der Waals surface area (Å²) in [5.41, 5.74) is 1.09. The average Bonchev–Trinajstić information content (AvgIpc) is 2.76. The van der Waals surface area contributed by atoms with Gasteiger partial charge in [0.05, 0.1) is 25.8 Å². The summed E-state index contributed by atoms with van der Waals surface area (Å²) < 4.78 is 23.7. The maximum atomic E-state index is 13.3. The van der Waals surface area contributed by atoms with Gasteiger partial charge in [0.2, 0.25) is 11.8 Å². The smallest absolute Gasteiger partial charge is 0.238 e. The number of ether oxygens (including phenoxy) is 2. The zero-order valence-corrected chi connectivity index (χ0v) is 18.2. The van der Waals surface area contributed by atoms with E-state index in [1.807, 2.05) is 4.90 Å². The SMILES string of the molecule is COc1ccc(NC(=O)CN2CCC(C(=O)Nc3ccc(F)c(Cl)c3)CC2)cc1OC. The van der Waals surface area contributed by atoms with Gasteiger partial charge in [-0.05, 0) is 56.3 Å². The van der Waals surface area contributed by atoms with Gasteiger partial charge in [-0.15, -0.1) is 0 Å². The number of benzene rings is 2. The van der Waals surface area contributed by atoms with E-state index < -0.39 is 5.82 Å². The normalized spacial score (nSPS) is 14.7. The topological polar surface area (TPSA) is 79.9 Å². The van der Waals surface area contributed by atoms with Crippen LogP contribution in [0.1, 0.15) is 12.8 Å². The van der Waals surface area contributed by atoms with Crippen LogP contribution in [0.2, 0.25) is 5.02 Å². The molecule has 1 heterocycles. The van der Waals surface area contributed by atoms with Crippen molar-refractivity contribution >= 4 is 34.8 Å². The highest BCUT2D eigenvalue weighted by atomic mass is 35.5. The number of anilines is 2. The first-order chi connectivity index (χ1) is 14.9. The molecule has 7 nitrogen and oxygen atoms in total. The number of nitrogens with one attached hydrogen (secondary N) is 2. The lowest BCUT2D eigenvalue weighted by Crippen LogP contribution is -2.41. The van der Waals surface area contributed by atoms with Gasteiger partial charge in [0, 0.05) is 23.4 Å². The van der Waals surface area contributed by atoms with E-state index in [0.717, 1.165) is 0 Å². The number of halogens is 2. The Morgan fingerprint density at radius 3 is 2.32 bits per heavy atom. The molecule has 0 spiro atoms. The van der Waals surface area contributed by atoms with E-state index in [1.54, 1.807) is 25.3 Å². The van der Waals surface area contributed by atoms with Crippen molar-refractivity contribution in [3.05, 3.63) is 47.2 Å². The highest BCUT2D eigenvalue weighted by Crippen LogP contribution is 2.29. The molecule has 1 saturated heterocycles. The molecule has 1 aliphatic heterocycles. The first kappa shape index (κ1) is 22.8. The number of amides is 2. The van der Waals surface area contributed by atoms with Crippen molar-refractivity contribution in [2.75, 3.05) is 44.5 Å². The second-order valence-corrected chi connectivity index (χ2v) is 7.69. The van der Waals surface area contributed by atoms with Gasteiger partial charge < -0.3 is 20.1 Å². The summed E-state index contributed by atoms with van der Waals surface area (Å²) in [4.78, 5) is 26.9. The Kier molecular flexibility index (Phi) is 7.70. The fourth-order valence-electron chi connectivity index (χ4n) is 3.49. The lowest BCUT2D eigenvalue weighted by atomic mass is 9.96. The first-order valence-corrected chi connectivity index (χ1v) is 10.3. The van der Waals surface area contributed by atoms with Gasteiger partial charge in [0.15, 0.2) is 11.5 Å². The summed E-state index contributed by atoms with van der Waals surface area (Å²) in [6.45, 7) is 1.49. The minimum absolute atomic E-state index is 0.0342. The molecule has 2 N–H and O–H groups in total. The summed E-state index contributed by atoms with van der Waals surface area (Å²) in [5, 5.41) is 5.60. The molecule has 0 bridgehead atoms. The molecule has 3 rings (SSSR count). The van der Waals surface area contributed by atoms with E-state index in [9.17, 15) is 14.0 Å². The number of carbonyl (C=O) groups is 2. The summed E-state index contributed by atoms with van der Waals surface area (Å²) in [6, 6.07) is 9.27. The van der Waals surface area contributed by atoms with Crippen molar-refractivity contribution < 1.29 is 23.5 Å². The van der Waals surface area contributed by atoms with E-state index in [4.69, 9.17) is 21.1 Å². The molecule has 1 fully saturated rings. The molecule has 1 aliphatic rings. The molecule has 2 aromatic rings. The van der Waals surface area contributed by atoms with Crippen molar-refractivity contribution in [1.82, 2.24) is 4.90 Å². The monoisotopic (exact) mass is 449 g/mol. The van der Waals surface area contributed by atoms with Gasteiger partial charge in [-0.1, -0.05) is 11.6 Å². The van der Waals surface area contributed by atoms with Crippen LogP contribution in [-0.4, -0.2) is 50.6 Å². The number of piperidine rings is 1. The van der Waals surface area contributed by atoms with Crippen LogP contribution in [0.3, 0.4) is 0 Å². The lowest BCUT2D eigenvalue weighted by Gasteiger charge is -2.30. The summed E-state index contributed by atoms with van der Waals surface area (Å²) >= 11 is 5.76. The Balaban J connectivity index is 1.46. The Morgan fingerprint density at radius 2 is 1.68 bits per heavy atom. The van der Waals surface area contributed by atoms with Gasteiger partial charge in [-0.25, -0.2) is 4.39 Å². The maximum absolute atomic E-state index is 13.3. The number of likely N-dealkylation sites (tertiary alicyclic amines) is 1. The zero-order valence-electron chi connectivity index (χ0n) is 17.4. The predicted molar refractivity (Wildman–Crippen MR) is 117 cm³/mol. The molecule has 0 saturated carbocycles. The van der Waals surface area contributed by atoms with Crippen LogP contribution in [0.5, 0.6) is 11.5 Å². The summed E-state index contributed by atoms with van der Waals surface area (Å²) in [5.74, 6) is 0.153. The third kappa shape index (κ3) is 6.08. The zero-order chi connectivity index (χ0) is 22.4. The van der Waals surface area contributed by atoms with Crippen LogP contribution in [-0.2, 0) is 9.59 Å². The minimum Gasteiger partial charge on any atom is -0.493 e. The molecule has 2 aromatic carbocycles. The van der Waals surface area contributed by atoms with Crippen LogP contribution in [0, 0.1) is 11.7 Å². The number of nitrogens with zero attached hydrogens (tertiary/aromatic N) is 1. The van der Waals surface area contributed by atoms with Gasteiger partial charge >= 0.3 is 0 Å². The molecule has 2 amide bonds. The summed E-state index contributed by atoms with van der Waals surface area (Å²) in [7, 11) is 3.09. The standard InChI is InChI=1S/C22H25ClFN3O4/c1-30-19-6-4-16(12-20(19)31-2)25-21(28)13-27-9-7-14(8-10-27)22(29)26-15-3-5-18(24)17(23)11-15/h3-6,11-12,14H,7-10,13H2,1-2H3,(H,25,28)(H,26,29). The van der Waals surface area contributed by atoms with Crippen molar-refractivity contribution in [2.24, 2.45) is 5.92 Å². The molecule has 31 heavy (non-hydrogen) atoms. The minimum atomic E-state index is -0.528. The Labute approximate surface area is 185 Å². The van der Waals surface area contributed by atoms with Crippen molar-refractivity contribution in [1.29, 1.82) is 0 Å². The van der Waals surface area contributed by atoms with Crippen LogP contribution in [0.4, 0.5) is 15.8 Å². The predicted octanol–water partition coefficient (Wildman–Crippen LogP) is 3.79. The van der Waals surface area contributed by atoms with Gasteiger partial charge in [-0.2, -0.15) is 0 Å². The third-order valence-corrected chi connectivity index (χ3v) is 5.47. The van der Waals surface area contributed by atoms with Crippen molar-refractivity contribution in [3.8, 4) is 11.5 Å². The van der Waals surface area contributed by atoms with Crippen molar-refractivity contribution in [3.63, 3.8) is 0 Å². The number of hydrogen-bond donors (Lipinski definition) is 2. The molecule has 0 aliphatic carbocycles. The number of methoxy groups -OCH3 is 2. The van der Waals surface area contributed by atoms with Gasteiger partial charge in [-0.3, -0.25) is 14.5 Å². The highest BCUT2D eigenvalue weighted by Gasteiger charge is 2.26. The fourth-order valence-corrected chi connectivity index (χ4v) is 3.67. The van der Waals surface area contributed by atoms with Crippen molar-refractivity contribution in [2.45, 2.75) is 12.8 Å². The van der Waals surface area contributed by atoms with Gasteiger partial charge in [0.1, 0.15) is 5.82 Å². The van der Waals surface area contributed by atoms with Crippen LogP contribution < -0.4 is 20.1 Å². The number of rotatable bonds is 7. The quantitative estimate of drug-likeness (QED) is 0.672. The molecule has 0 unspecified atom stereocenters. The highest BCUT2D eigenvalue weighted by molar-refractivity contribution is 6.31. The van der Waals surface area contributed by atoms with E-state index in [2.05, 4.69) is 10.6 Å². The molecule has 9 heteroatoms. The second-order valence-electron chi connectivity index (χ2n) is 7.29. The van der Waals surface area contributed by atoms with Gasteiger partial charge in [0.25, 0.3) is 0 Å². The average molecular weight is 450 g/mol. The molecule has 0 atom stereocenters. The Hall–Kier alpha value is -2.84. The van der Waals surface area contributed by atoms with Crippen LogP contribution in [0.25, 0.3) is 0 Å². The third-order valence-electron chi connectivity index (χ3n) is 5.18. The molecule has 166 valence electrons. The Bertz CT molecular complexity index is 948. The number of carbonyl (C=O) groups excluding carboxylic acids is 2. The van der Waals surface area contributed by atoms with E-state index in [1.165, 1.54) is 25.3 Å². The fraction of sp³-hybridized carbons (Fsp3) is 0.364. The molecule has 0 radical (unpaired) electrons. The molecular weight excluding hydrogens is 425 g/mol. The van der Waals surface area contributed by atoms with E-state index in [0.29, 0.717) is 48.8 Å².